The first-order valence-corrected chi connectivity index (χ1v) is 16.4. The number of nitrogens with zero attached hydrogens (tertiary/aromatic N) is 2. The molecule has 1 N–H and O–H groups in total. The monoisotopic (exact) mass is 545 g/mol. The van der Waals surface area contributed by atoms with Crippen LogP contribution in [0.1, 0.15) is 68.7 Å². The predicted molar refractivity (Wildman–Crippen MR) is 145 cm³/mol. The normalized spacial score (nSPS) is 22.4. The molecule has 1 saturated heterocycles. The number of carbonyl (C=O) groups is 1. The Kier molecular flexibility index (Phi) is 5.74. The number of fused-ring (bicyclic) bond motifs is 2. The third kappa shape index (κ3) is 4.46. The topological polar surface area (TPSA) is 104 Å². The summed E-state index contributed by atoms with van der Waals surface area (Å²) in [5.41, 5.74) is 2.86. The van der Waals surface area contributed by atoms with Gasteiger partial charge in [-0.15, -0.1) is 0 Å². The van der Waals surface area contributed by atoms with Gasteiger partial charge in [0.2, 0.25) is 20.0 Å². The van der Waals surface area contributed by atoms with E-state index >= 15 is 0 Å². The maximum Gasteiger partial charge on any atom is 0.258 e. The van der Waals surface area contributed by atoms with Crippen LogP contribution in [0.2, 0.25) is 0 Å². The van der Waals surface area contributed by atoms with E-state index in [1.165, 1.54) is 23.2 Å². The van der Waals surface area contributed by atoms with Crippen molar-refractivity contribution in [1.29, 1.82) is 0 Å². The number of nitrogens with one attached hydrogen (secondary N) is 1. The maximum absolute atomic E-state index is 13.9. The van der Waals surface area contributed by atoms with Gasteiger partial charge in [0.1, 0.15) is 0 Å². The third-order valence-electron chi connectivity index (χ3n) is 8.88. The van der Waals surface area contributed by atoms with Crippen molar-refractivity contribution in [2.24, 2.45) is 5.41 Å². The van der Waals surface area contributed by atoms with Crippen LogP contribution in [0.4, 0.5) is 11.4 Å². The molecule has 37 heavy (non-hydrogen) atoms. The van der Waals surface area contributed by atoms with E-state index in [1.54, 1.807) is 29.2 Å². The van der Waals surface area contributed by atoms with E-state index < -0.39 is 20.0 Å². The zero-order valence-corrected chi connectivity index (χ0v) is 22.7. The molecule has 0 unspecified atom stereocenters. The Labute approximate surface area is 220 Å². The van der Waals surface area contributed by atoms with Gasteiger partial charge in [-0.05, 0) is 98.7 Å². The summed E-state index contributed by atoms with van der Waals surface area (Å²) in [6.07, 6.45) is 9.50. The number of anilines is 2. The van der Waals surface area contributed by atoms with E-state index in [2.05, 4.69) is 4.72 Å². The van der Waals surface area contributed by atoms with Gasteiger partial charge < -0.3 is 4.90 Å². The highest BCUT2D eigenvalue weighted by Gasteiger charge is 2.53. The highest BCUT2D eigenvalue weighted by molar-refractivity contribution is 7.92. The van der Waals surface area contributed by atoms with E-state index in [0.29, 0.717) is 36.3 Å². The van der Waals surface area contributed by atoms with E-state index in [0.717, 1.165) is 56.0 Å². The molecule has 2 aliphatic carbocycles. The molecule has 0 radical (unpaired) electrons. The van der Waals surface area contributed by atoms with E-state index in [9.17, 15) is 21.6 Å². The van der Waals surface area contributed by atoms with E-state index in [-0.39, 0.29) is 17.6 Å². The van der Waals surface area contributed by atoms with Crippen LogP contribution in [0.3, 0.4) is 0 Å². The number of hydrogen-bond acceptors (Lipinski definition) is 5. The molecule has 6 rings (SSSR count). The van der Waals surface area contributed by atoms with Crippen molar-refractivity contribution in [2.45, 2.75) is 61.7 Å². The summed E-state index contributed by atoms with van der Waals surface area (Å²) in [6.45, 7) is 1.53. The van der Waals surface area contributed by atoms with Crippen LogP contribution in [0.5, 0.6) is 0 Å². The fourth-order valence-corrected chi connectivity index (χ4v) is 8.63. The first-order chi connectivity index (χ1) is 17.5. The van der Waals surface area contributed by atoms with Crippen molar-refractivity contribution >= 4 is 37.3 Å². The fraction of sp³-hybridized carbons (Fsp3) is 0.519. The molecule has 0 bridgehead atoms. The number of carbonyl (C=O) groups excluding carboxylic acids is 1. The molecule has 8 nitrogen and oxygen atoms in total. The Hall–Kier alpha value is -2.43. The van der Waals surface area contributed by atoms with Crippen LogP contribution in [-0.4, -0.2) is 52.9 Å². The molecule has 4 aliphatic rings. The van der Waals surface area contributed by atoms with Crippen molar-refractivity contribution in [3.63, 3.8) is 0 Å². The Balaban J connectivity index is 0.00000294. The molecular weight excluding hydrogens is 510 g/mol. The summed E-state index contributed by atoms with van der Waals surface area (Å²) in [7, 11) is -7.07. The SMILES string of the molecule is CS(=O)(=O)Nc1ccc2c(c1)C1(CCC3(CC3)CC1)CN2C(=O)c1cccc(S(=O)(=O)N2CCCC2)c1.[HH]. The molecule has 2 aromatic rings. The van der Waals surface area contributed by atoms with Crippen LogP contribution in [-0.2, 0) is 25.5 Å². The van der Waals surface area contributed by atoms with Crippen LogP contribution in [0.25, 0.3) is 0 Å². The van der Waals surface area contributed by atoms with Gasteiger partial charge in [0, 0.05) is 43.4 Å². The van der Waals surface area contributed by atoms with Crippen molar-refractivity contribution in [3.8, 4) is 0 Å². The summed E-state index contributed by atoms with van der Waals surface area (Å²) in [5, 5.41) is 0. The third-order valence-corrected chi connectivity index (χ3v) is 11.4. The first kappa shape index (κ1) is 24.9. The van der Waals surface area contributed by atoms with Gasteiger partial charge in [-0.1, -0.05) is 6.07 Å². The lowest BCUT2D eigenvalue weighted by molar-refractivity contribution is 0.0980. The lowest BCUT2D eigenvalue weighted by atomic mass is 9.66. The fourth-order valence-electron chi connectivity index (χ4n) is 6.51. The van der Waals surface area contributed by atoms with Gasteiger partial charge in [0.25, 0.3) is 5.91 Å². The van der Waals surface area contributed by atoms with Gasteiger partial charge in [0.15, 0.2) is 0 Å². The van der Waals surface area contributed by atoms with Gasteiger partial charge >= 0.3 is 0 Å². The van der Waals surface area contributed by atoms with Crippen molar-refractivity contribution in [1.82, 2.24) is 4.31 Å². The minimum absolute atomic E-state index is 0. The molecule has 3 fully saturated rings. The van der Waals surface area contributed by atoms with Crippen LogP contribution in [0, 0.1) is 5.41 Å². The molecule has 2 aromatic carbocycles. The molecular formula is C27H35N3O5S2. The number of benzene rings is 2. The average molecular weight is 546 g/mol. The molecule has 0 aromatic heterocycles. The number of sulfonamides is 2. The highest BCUT2D eigenvalue weighted by atomic mass is 32.2. The molecule has 10 heteroatoms. The van der Waals surface area contributed by atoms with Gasteiger partial charge in [-0.2, -0.15) is 4.31 Å². The molecule has 200 valence electrons. The number of amides is 1. The van der Waals surface area contributed by atoms with Crippen LogP contribution >= 0.6 is 0 Å². The van der Waals surface area contributed by atoms with Crippen molar-refractivity contribution in [3.05, 3.63) is 53.6 Å². The summed E-state index contributed by atoms with van der Waals surface area (Å²) in [6, 6.07) is 11.8. The molecule has 1 amide bonds. The van der Waals surface area contributed by atoms with E-state index in [4.69, 9.17) is 0 Å². The minimum Gasteiger partial charge on any atom is -0.307 e. The molecule has 2 aliphatic heterocycles. The second-order valence-corrected chi connectivity index (χ2v) is 15.1. The van der Waals surface area contributed by atoms with Crippen LogP contribution < -0.4 is 9.62 Å². The lowest BCUT2D eigenvalue weighted by Crippen LogP contribution is -2.40. The average Bonchev–Trinajstić information content (AvgIpc) is 3.27. The Morgan fingerprint density at radius 2 is 1.59 bits per heavy atom. The Bertz CT molecular complexity index is 1470. The van der Waals surface area contributed by atoms with Gasteiger partial charge in [0.05, 0.1) is 11.2 Å². The number of hydrogen-bond donors (Lipinski definition) is 1. The number of rotatable bonds is 5. The van der Waals surface area contributed by atoms with Gasteiger partial charge in [-0.3, -0.25) is 9.52 Å². The zero-order chi connectivity index (χ0) is 26.1. The second kappa shape index (κ2) is 8.54. The molecule has 2 heterocycles. The highest BCUT2D eigenvalue weighted by Crippen LogP contribution is 2.62. The van der Waals surface area contributed by atoms with Crippen LogP contribution in [0.15, 0.2) is 47.4 Å². The minimum atomic E-state index is -3.64. The summed E-state index contributed by atoms with van der Waals surface area (Å²) in [5.74, 6) is -0.230. The molecule has 2 spiro atoms. The first-order valence-electron chi connectivity index (χ1n) is 13.1. The van der Waals surface area contributed by atoms with Crippen molar-refractivity contribution < 1.29 is 23.1 Å². The van der Waals surface area contributed by atoms with E-state index in [1.807, 2.05) is 12.1 Å². The second-order valence-electron chi connectivity index (χ2n) is 11.4. The van der Waals surface area contributed by atoms with Crippen molar-refractivity contribution in [2.75, 3.05) is 35.5 Å². The Morgan fingerprint density at radius 3 is 2.24 bits per heavy atom. The quantitative estimate of drug-likeness (QED) is 0.602. The molecule has 2 saturated carbocycles. The Morgan fingerprint density at radius 1 is 0.919 bits per heavy atom. The molecule has 0 atom stereocenters. The zero-order valence-electron chi connectivity index (χ0n) is 21.1. The summed E-state index contributed by atoms with van der Waals surface area (Å²) in [4.78, 5) is 15.8. The standard InChI is InChI=1S/C27H33N3O5S2.H2/c1-36(32,33)28-21-7-8-24-23(18-21)27(13-11-26(9-10-26)12-14-27)19-30(24)25(31)20-5-4-6-22(17-20)37(34,35)29-15-2-3-16-29;/h4-8,17-18,28H,2-3,9-16,19H2,1H3;1H. The smallest absolute Gasteiger partial charge is 0.258 e. The maximum atomic E-state index is 13.9. The largest absolute Gasteiger partial charge is 0.307 e. The van der Waals surface area contributed by atoms with Gasteiger partial charge in [-0.25, -0.2) is 16.8 Å². The predicted octanol–water partition coefficient (Wildman–Crippen LogP) is 4.34. The lowest BCUT2D eigenvalue weighted by Gasteiger charge is -2.38. The summed E-state index contributed by atoms with van der Waals surface area (Å²) >= 11 is 0. The summed E-state index contributed by atoms with van der Waals surface area (Å²) < 4.78 is 54.1.